The molecule has 0 radical (unpaired) electrons. The van der Waals surface area contributed by atoms with Crippen LogP contribution in [0.5, 0.6) is 5.75 Å². The zero-order valence-corrected chi connectivity index (χ0v) is 15.2. The number of nitrogens with one attached hydrogen (secondary N) is 1. The minimum atomic E-state index is -0.501. The van der Waals surface area contributed by atoms with Crippen LogP contribution in [0, 0.1) is 5.82 Å². The van der Waals surface area contributed by atoms with Crippen molar-refractivity contribution in [2.24, 2.45) is 0 Å². The summed E-state index contributed by atoms with van der Waals surface area (Å²) in [6, 6.07) is 12.4. The van der Waals surface area contributed by atoms with Gasteiger partial charge in [-0.2, -0.15) is 4.68 Å². The van der Waals surface area contributed by atoms with Gasteiger partial charge in [0.15, 0.2) is 11.2 Å². The van der Waals surface area contributed by atoms with Crippen LogP contribution in [0.3, 0.4) is 0 Å². The van der Waals surface area contributed by atoms with Crippen molar-refractivity contribution in [2.45, 2.75) is 6.54 Å². The fourth-order valence-electron chi connectivity index (χ4n) is 2.76. The van der Waals surface area contributed by atoms with Crippen LogP contribution in [0.2, 0.25) is 0 Å². The lowest BCUT2D eigenvalue weighted by Crippen LogP contribution is -2.28. The van der Waals surface area contributed by atoms with Gasteiger partial charge in [-0.05, 0) is 36.4 Å². The van der Waals surface area contributed by atoms with Gasteiger partial charge in [0.2, 0.25) is 5.91 Å². The van der Waals surface area contributed by atoms with Gasteiger partial charge >= 0.3 is 0 Å². The first-order valence-corrected chi connectivity index (χ1v) is 8.56. The molecule has 9 nitrogen and oxygen atoms in total. The number of methoxy groups -OCH3 is 1. The third-order valence-corrected chi connectivity index (χ3v) is 4.17. The van der Waals surface area contributed by atoms with Crippen molar-refractivity contribution in [3.8, 4) is 11.4 Å². The quantitative estimate of drug-likeness (QED) is 0.553. The van der Waals surface area contributed by atoms with E-state index in [4.69, 9.17) is 4.74 Å². The minimum Gasteiger partial charge on any atom is -0.497 e. The summed E-state index contributed by atoms with van der Waals surface area (Å²) in [7, 11) is 1.55. The number of amides is 1. The zero-order chi connectivity index (χ0) is 20.4. The molecule has 0 saturated carbocycles. The average molecular weight is 394 g/mol. The highest BCUT2D eigenvalue weighted by molar-refractivity contribution is 5.90. The molecule has 4 rings (SSSR count). The number of rotatable bonds is 5. The number of nitrogens with zero attached hydrogens (tertiary/aromatic N) is 5. The van der Waals surface area contributed by atoms with E-state index in [9.17, 15) is 14.0 Å². The molecule has 0 aliphatic carbocycles. The Hall–Kier alpha value is -4.08. The molecule has 1 N–H and O–H groups in total. The van der Waals surface area contributed by atoms with Crippen LogP contribution in [-0.2, 0) is 11.3 Å². The van der Waals surface area contributed by atoms with E-state index < -0.39 is 17.3 Å². The molecule has 10 heteroatoms. The van der Waals surface area contributed by atoms with E-state index in [-0.39, 0.29) is 17.7 Å². The van der Waals surface area contributed by atoms with Crippen molar-refractivity contribution in [1.82, 2.24) is 24.5 Å². The number of ether oxygens (including phenoxy) is 1. The molecule has 0 unspecified atom stereocenters. The number of anilines is 1. The molecule has 0 bridgehead atoms. The summed E-state index contributed by atoms with van der Waals surface area (Å²) < 4.78 is 20.7. The van der Waals surface area contributed by atoms with E-state index in [0.29, 0.717) is 17.1 Å². The number of carbonyl (C=O) groups is 1. The number of halogens is 1. The van der Waals surface area contributed by atoms with E-state index in [1.165, 1.54) is 35.3 Å². The fraction of sp³-hybridized carbons (Fsp3) is 0.105. The fourth-order valence-corrected chi connectivity index (χ4v) is 2.76. The molecular weight excluding hydrogens is 379 g/mol. The molecule has 146 valence electrons. The summed E-state index contributed by atoms with van der Waals surface area (Å²) in [5.74, 6) is -0.245. The average Bonchev–Trinajstić information content (AvgIpc) is 3.17. The molecule has 0 aliphatic heterocycles. The molecule has 1 amide bonds. The first-order chi connectivity index (χ1) is 14.0. The van der Waals surface area contributed by atoms with Gasteiger partial charge in [-0.1, -0.05) is 11.3 Å². The Labute approximate surface area is 163 Å². The van der Waals surface area contributed by atoms with Crippen molar-refractivity contribution in [3.05, 3.63) is 71.0 Å². The number of aromatic nitrogens is 5. The highest BCUT2D eigenvalue weighted by Gasteiger charge is 2.15. The molecular formula is C19H15FN6O3. The molecule has 0 atom stereocenters. The Morgan fingerprint density at radius 3 is 2.76 bits per heavy atom. The SMILES string of the molecule is COc1cccc(-n2nnc3c(=O)n(CC(=O)Nc4ccc(F)cc4)cnc32)c1. The maximum Gasteiger partial charge on any atom is 0.284 e. The Morgan fingerprint density at radius 2 is 2.00 bits per heavy atom. The van der Waals surface area contributed by atoms with E-state index in [1.54, 1.807) is 31.4 Å². The summed E-state index contributed by atoms with van der Waals surface area (Å²) in [5.41, 5.74) is 0.842. The topological polar surface area (TPSA) is 104 Å². The van der Waals surface area contributed by atoms with E-state index in [0.717, 1.165) is 4.57 Å². The first kappa shape index (κ1) is 18.3. The summed E-state index contributed by atoms with van der Waals surface area (Å²) in [4.78, 5) is 29.1. The Balaban J connectivity index is 1.60. The highest BCUT2D eigenvalue weighted by Crippen LogP contribution is 2.18. The summed E-state index contributed by atoms with van der Waals surface area (Å²) in [5, 5.41) is 10.5. The number of benzene rings is 2. The zero-order valence-electron chi connectivity index (χ0n) is 15.2. The van der Waals surface area contributed by atoms with E-state index >= 15 is 0 Å². The third kappa shape index (κ3) is 3.68. The summed E-state index contributed by atoms with van der Waals surface area (Å²) in [6.45, 7) is -0.273. The monoisotopic (exact) mass is 394 g/mol. The third-order valence-electron chi connectivity index (χ3n) is 4.17. The molecule has 0 aliphatic rings. The lowest BCUT2D eigenvalue weighted by Gasteiger charge is -2.07. The van der Waals surface area contributed by atoms with Crippen molar-refractivity contribution in [1.29, 1.82) is 0 Å². The molecule has 0 spiro atoms. The number of hydrogen-bond acceptors (Lipinski definition) is 6. The maximum atomic E-state index is 13.0. The van der Waals surface area contributed by atoms with E-state index in [1.807, 2.05) is 0 Å². The molecule has 0 saturated heterocycles. The van der Waals surface area contributed by atoms with Crippen LogP contribution in [0.15, 0.2) is 59.7 Å². The molecule has 2 aromatic carbocycles. The standard InChI is InChI=1S/C19H15FN6O3/c1-29-15-4-2-3-14(9-15)26-18-17(23-24-26)19(28)25(11-21-18)10-16(27)22-13-7-5-12(20)6-8-13/h2-9,11H,10H2,1H3,(H,22,27). The van der Waals surface area contributed by atoms with Gasteiger partial charge in [0.1, 0.15) is 24.4 Å². The van der Waals surface area contributed by atoms with Gasteiger partial charge in [-0.15, -0.1) is 5.10 Å². The maximum absolute atomic E-state index is 13.0. The van der Waals surface area contributed by atoms with Crippen molar-refractivity contribution < 1.29 is 13.9 Å². The lowest BCUT2D eigenvalue weighted by atomic mass is 10.3. The number of carbonyl (C=O) groups excluding carboxylic acids is 1. The number of fused-ring (bicyclic) bond motifs is 1. The smallest absolute Gasteiger partial charge is 0.284 e. The van der Waals surface area contributed by atoms with Crippen LogP contribution in [-0.4, -0.2) is 37.6 Å². The van der Waals surface area contributed by atoms with Gasteiger partial charge in [-0.25, -0.2) is 9.37 Å². The second-order valence-electron chi connectivity index (χ2n) is 6.11. The minimum absolute atomic E-state index is 0.0323. The Kier molecular flexibility index (Phi) is 4.73. The van der Waals surface area contributed by atoms with E-state index in [2.05, 4.69) is 20.6 Å². The van der Waals surface area contributed by atoms with Crippen molar-refractivity contribution in [3.63, 3.8) is 0 Å². The van der Waals surface area contributed by atoms with Gasteiger partial charge < -0.3 is 10.1 Å². The predicted octanol–water partition coefficient (Wildman–Crippen LogP) is 1.76. The van der Waals surface area contributed by atoms with Crippen LogP contribution in [0.1, 0.15) is 0 Å². The predicted molar refractivity (Wildman–Crippen MR) is 103 cm³/mol. The van der Waals surface area contributed by atoms with Crippen molar-refractivity contribution >= 4 is 22.8 Å². The molecule has 29 heavy (non-hydrogen) atoms. The second kappa shape index (κ2) is 7.50. The highest BCUT2D eigenvalue weighted by atomic mass is 19.1. The van der Waals surface area contributed by atoms with Crippen LogP contribution >= 0.6 is 0 Å². The van der Waals surface area contributed by atoms with Gasteiger partial charge in [0.25, 0.3) is 5.56 Å². The molecule has 0 fully saturated rings. The van der Waals surface area contributed by atoms with Crippen molar-refractivity contribution in [2.75, 3.05) is 12.4 Å². The van der Waals surface area contributed by atoms with Gasteiger partial charge in [0.05, 0.1) is 12.8 Å². The Morgan fingerprint density at radius 1 is 1.21 bits per heavy atom. The van der Waals surface area contributed by atoms with Gasteiger partial charge in [0, 0.05) is 11.8 Å². The summed E-state index contributed by atoms with van der Waals surface area (Å²) >= 11 is 0. The normalized spacial score (nSPS) is 10.8. The largest absolute Gasteiger partial charge is 0.497 e. The van der Waals surface area contributed by atoms with Crippen LogP contribution in [0.25, 0.3) is 16.9 Å². The van der Waals surface area contributed by atoms with Gasteiger partial charge in [-0.3, -0.25) is 14.2 Å². The Bertz CT molecular complexity index is 1250. The van der Waals surface area contributed by atoms with Crippen LogP contribution < -0.4 is 15.6 Å². The van der Waals surface area contributed by atoms with Crippen LogP contribution in [0.4, 0.5) is 10.1 Å². The molecule has 2 aromatic heterocycles. The number of hydrogen-bond donors (Lipinski definition) is 1. The summed E-state index contributed by atoms with van der Waals surface area (Å²) in [6.07, 6.45) is 1.26. The first-order valence-electron chi connectivity index (χ1n) is 8.56. The second-order valence-corrected chi connectivity index (χ2v) is 6.11. The molecule has 2 heterocycles. The lowest BCUT2D eigenvalue weighted by molar-refractivity contribution is -0.116. The molecule has 4 aromatic rings.